The zero-order chi connectivity index (χ0) is 12.8. The van der Waals surface area contributed by atoms with E-state index in [1.165, 1.54) is 0 Å². The summed E-state index contributed by atoms with van der Waals surface area (Å²) in [5, 5.41) is 5.41. The van der Waals surface area contributed by atoms with Crippen LogP contribution in [0, 0.1) is 0 Å². The van der Waals surface area contributed by atoms with Gasteiger partial charge < -0.3 is 14.2 Å². The normalized spacial score (nSPS) is 15.1. The van der Waals surface area contributed by atoms with E-state index in [1.54, 1.807) is 12.5 Å². The van der Waals surface area contributed by atoms with Crippen molar-refractivity contribution in [3.05, 3.63) is 34.7 Å². The molecule has 0 fully saturated rings. The lowest BCUT2D eigenvalue weighted by atomic mass is 10.0. The van der Waals surface area contributed by atoms with Crippen molar-refractivity contribution >= 4 is 43.7 Å². The van der Waals surface area contributed by atoms with Gasteiger partial charge in [0.2, 0.25) is 0 Å². The van der Waals surface area contributed by atoms with Gasteiger partial charge in [-0.05, 0) is 28.1 Å². The summed E-state index contributed by atoms with van der Waals surface area (Å²) in [6, 6.07) is 3.93. The molecule has 3 aromatic rings. The molecular formula is C14H11BrN2O2. The monoisotopic (exact) mass is 318 g/mol. The maximum atomic E-state index is 5.66. The smallest absolute Gasteiger partial charge is 0.149 e. The third-order valence-electron chi connectivity index (χ3n) is 3.45. The van der Waals surface area contributed by atoms with Gasteiger partial charge in [-0.25, -0.2) is 0 Å². The molecule has 0 unspecified atom stereocenters. The molecule has 0 saturated heterocycles. The summed E-state index contributed by atoms with van der Waals surface area (Å²) < 4.78 is 12.2. The molecule has 5 heteroatoms. The Hall–Kier alpha value is -1.75. The lowest BCUT2D eigenvalue weighted by Crippen LogP contribution is -2.20. The van der Waals surface area contributed by atoms with Crippen LogP contribution >= 0.6 is 15.9 Å². The minimum absolute atomic E-state index is 0.743. The molecular weight excluding hydrogens is 308 g/mol. The van der Waals surface area contributed by atoms with Gasteiger partial charge in [-0.15, -0.1) is 0 Å². The van der Waals surface area contributed by atoms with Gasteiger partial charge in [0.1, 0.15) is 17.0 Å². The SMILES string of the molecule is Brc1c2ccoc2c(CC2=NCCN2)c2ccoc12. The summed E-state index contributed by atoms with van der Waals surface area (Å²) in [5.41, 5.74) is 2.89. The summed E-state index contributed by atoms with van der Waals surface area (Å²) in [5.74, 6) is 1.02. The quantitative estimate of drug-likeness (QED) is 0.787. The molecule has 0 aliphatic carbocycles. The van der Waals surface area contributed by atoms with E-state index in [0.29, 0.717) is 0 Å². The van der Waals surface area contributed by atoms with Crippen molar-refractivity contribution in [3.63, 3.8) is 0 Å². The highest BCUT2D eigenvalue weighted by Crippen LogP contribution is 2.37. The van der Waals surface area contributed by atoms with E-state index in [2.05, 4.69) is 26.2 Å². The van der Waals surface area contributed by atoms with E-state index >= 15 is 0 Å². The summed E-state index contributed by atoms with van der Waals surface area (Å²) in [7, 11) is 0. The molecule has 19 heavy (non-hydrogen) atoms. The number of fused-ring (bicyclic) bond motifs is 2. The van der Waals surface area contributed by atoms with Crippen LogP contribution in [0.1, 0.15) is 5.56 Å². The number of amidine groups is 1. The Kier molecular flexibility index (Phi) is 2.41. The Balaban J connectivity index is 2.01. The standard InChI is InChI=1S/C14H11BrN2O2/c15-12-9-2-6-18-13(9)10(7-11-16-3-4-17-11)8-1-5-19-14(8)12/h1-2,5-6H,3-4,7H2,(H,16,17). The molecule has 0 amide bonds. The first-order valence-corrected chi connectivity index (χ1v) is 6.96. The summed E-state index contributed by atoms with van der Waals surface area (Å²) in [6.45, 7) is 1.77. The first-order chi connectivity index (χ1) is 9.34. The average Bonchev–Trinajstić information content (AvgIpc) is 3.13. The van der Waals surface area contributed by atoms with Crippen LogP contribution in [0.25, 0.3) is 21.9 Å². The Bertz CT molecular complexity index is 749. The molecule has 3 heterocycles. The van der Waals surface area contributed by atoms with E-state index < -0.39 is 0 Å². The second kappa shape index (κ2) is 4.13. The van der Waals surface area contributed by atoms with Crippen LogP contribution in [-0.4, -0.2) is 18.9 Å². The third-order valence-corrected chi connectivity index (χ3v) is 4.24. The number of nitrogens with one attached hydrogen (secondary N) is 1. The fourth-order valence-corrected chi connectivity index (χ4v) is 3.20. The summed E-state index contributed by atoms with van der Waals surface area (Å²) in [4.78, 5) is 4.46. The Morgan fingerprint density at radius 1 is 1.16 bits per heavy atom. The van der Waals surface area contributed by atoms with Gasteiger partial charge in [0, 0.05) is 29.3 Å². The molecule has 0 radical (unpaired) electrons. The van der Waals surface area contributed by atoms with Crippen molar-refractivity contribution in [3.8, 4) is 0 Å². The molecule has 1 N–H and O–H groups in total. The Morgan fingerprint density at radius 2 is 1.95 bits per heavy atom. The maximum absolute atomic E-state index is 5.66. The number of nitrogens with zero attached hydrogens (tertiary/aromatic N) is 1. The second-order valence-corrected chi connectivity index (χ2v) is 5.34. The van der Waals surface area contributed by atoms with Crippen molar-refractivity contribution in [1.82, 2.24) is 5.32 Å². The summed E-state index contributed by atoms with van der Waals surface area (Å²) >= 11 is 3.59. The van der Waals surface area contributed by atoms with Gasteiger partial charge in [0.25, 0.3) is 0 Å². The number of hydrogen-bond donors (Lipinski definition) is 1. The van der Waals surface area contributed by atoms with Crippen LogP contribution in [0.15, 0.2) is 43.0 Å². The molecule has 1 aromatic carbocycles. The minimum atomic E-state index is 0.743. The molecule has 0 spiro atoms. The molecule has 0 atom stereocenters. The van der Waals surface area contributed by atoms with Crippen LogP contribution in [0.3, 0.4) is 0 Å². The number of benzene rings is 1. The molecule has 96 valence electrons. The number of aliphatic imine (C=N–C) groups is 1. The number of rotatable bonds is 2. The lowest BCUT2D eigenvalue weighted by molar-refractivity contribution is 0.609. The highest BCUT2D eigenvalue weighted by Gasteiger charge is 2.19. The summed E-state index contributed by atoms with van der Waals surface area (Å²) in [6.07, 6.45) is 4.16. The molecule has 0 saturated carbocycles. The zero-order valence-corrected chi connectivity index (χ0v) is 11.7. The van der Waals surface area contributed by atoms with Crippen molar-refractivity contribution < 1.29 is 8.83 Å². The molecule has 2 aromatic heterocycles. The van der Waals surface area contributed by atoms with Gasteiger partial charge >= 0.3 is 0 Å². The van der Waals surface area contributed by atoms with Crippen LogP contribution in [0.2, 0.25) is 0 Å². The number of hydrogen-bond acceptors (Lipinski definition) is 4. The van der Waals surface area contributed by atoms with Gasteiger partial charge in [0.05, 0.1) is 23.5 Å². The number of furan rings is 2. The van der Waals surface area contributed by atoms with Gasteiger partial charge in [-0.3, -0.25) is 4.99 Å². The average molecular weight is 319 g/mol. The van der Waals surface area contributed by atoms with Crippen molar-refractivity contribution in [2.75, 3.05) is 13.1 Å². The number of halogens is 1. The first-order valence-electron chi connectivity index (χ1n) is 6.16. The van der Waals surface area contributed by atoms with Crippen molar-refractivity contribution in [2.24, 2.45) is 4.99 Å². The Morgan fingerprint density at radius 3 is 2.74 bits per heavy atom. The molecule has 0 bridgehead atoms. The van der Waals surface area contributed by atoms with Crippen molar-refractivity contribution in [2.45, 2.75) is 6.42 Å². The zero-order valence-electron chi connectivity index (χ0n) is 10.1. The predicted octanol–water partition coefficient (Wildman–Crippen LogP) is 3.49. The second-order valence-electron chi connectivity index (χ2n) is 4.55. The van der Waals surface area contributed by atoms with E-state index in [1.807, 2.05) is 12.1 Å². The maximum Gasteiger partial charge on any atom is 0.149 e. The van der Waals surface area contributed by atoms with E-state index in [0.717, 1.165) is 57.3 Å². The van der Waals surface area contributed by atoms with Gasteiger partial charge in [0.15, 0.2) is 0 Å². The van der Waals surface area contributed by atoms with Gasteiger partial charge in [-0.1, -0.05) is 0 Å². The highest BCUT2D eigenvalue weighted by molar-refractivity contribution is 9.10. The molecule has 1 aliphatic heterocycles. The van der Waals surface area contributed by atoms with Gasteiger partial charge in [-0.2, -0.15) is 0 Å². The van der Waals surface area contributed by atoms with Crippen LogP contribution in [-0.2, 0) is 6.42 Å². The fraction of sp³-hybridized carbons (Fsp3) is 0.214. The third kappa shape index (κ3) is 1.61. The lowest BCUT2D eigenvalue weighted by Gasteiger charge is -2.07. The first kappa shape index (κ1) is 11.1. The Labute approximate surface area is 117 Å². The predicted molar refractivity (Wildman–Crippen MR) is 77.7 cm³/mol. The molecule has 4 rings (SSSR count). The van der Waals surface area contributed by atoms with Crippen LogP contribution in [0.5, 0.6) is 0 Å². The van der Waals surface area contributed by atoms with E-state index in [-0.39, 0.29) is 0 Å². The fourth-order valence-electron chi connectivity index (χ4n) is 2.59. The highest BCUT2D eigenvalue weighted by atomic mass is 79.9. The van der Waals surface area contributed by atoms with Crippen LogP contribution in [0.4, 0.5) is 0 Å². The van der Waals surface area contributed by atoms with Crippen LogP contribution < -0.4 is 5.32 Å². The van der Waals surface area contributed by atoms with E-state index in [9.17, 15) is 0 Å². The van der Waals surface area contributed by atoms with Crippen molar-refractivity contribution in [1.29, 1.82) is 0 Å². The topological polar surface area (TPSA) is 50.7 Å². The largest absolute Gasteiger partial charge is 0.464 e. The molecule has 1 aliphatic rings. The van der Waals surface area contributed by atoms with E-state index in [4.69, 9.17) is 8.83 Å². The molecule has 4 nitrogen and oxygen atoms in total. The minimum Gasteiger partial charge on any atom is -0.464 e.